The number of hydrogen-bond acceptors (Lipinski definition) is 3. The summed E-state index contributed by atoms with van der Waals surface area (Å²) in [4.78, 5) is -0.0344. The normalized spacial score (nSPS) is 11.3. The molecule has 2 rings (SSSR count). The molecule has 20 heavy (non-hydrogen) atoms. The van der Waals surface area contributed by atoms with E-state index in [1.54, 1.807) is 6.07 Å². The van der Waals surface area contributed by atoms with Crippen LogP contribution in [0.5, 0.6) is 0 Å². The summed E-state index contributed by atoms with van der Waals surface area (Å²) < 4.78 is 40.4. The minimum atomic E-state index is -3.88. The van der Waals surface area contributed by atoms with E-state index >= 15 is 0 Å². The number of nitrogens with one attached hydrogen (secondary N) is 1. The third kappa shape index (κ3) is 3.23. The van der Waals surface area contributed by atoms with Crippen LogP contribution in [0.25, 0.3) is 0 Å². The molecule has 2 aromatic carbocycles. The van der Waals surface area contributed by atoms with Gasteiger partial charge < -0.3 is 5.73 Å². The number of benzene rings is 2. The minimum absolute atomic E-state index is 0.0344. The molecule has 0 spiro atoms. The molecule has 0 bridgehead atoms. The summed E-state index contributed by atoms with van der Waals surface area (Å²) in [5.74, 6) is -0.710. The number of sulfonamides is 1. The van der Waals surface area contributed by atoms with E-state index in [2.05, 4.69) is 20.7 Å². The van der Waals surface area contributed by atoms with Gasteiger partial charge >= 0.3 is 0 Å². The van der Waals surface area contributed by atoms with Crippen molar-refractivity contribution in [1.82, 2.24) is 0 Å². The molecule has 106 valence electrons. The van der Waals surface area contributed by atoms with Crippen LogP contribution >= 0.6 is 27.5 Å². The van der Waals surface area contributed by atoms with Gasteiger partial charge in [-0.2, -0.15) is 0 Å². The van der Waals surface area contributed by atoms with E-state index in [1.165, 1.54) is 24.3 Å². The number of nitrogens with two attached hydrogens (primary N) is 1. The summed E-state index contributed by atoms with van der Waals surface area (Å²) in [7, 11) is -3.88. The van der Waals surface area contributed by atoms with Crippen molar-refractivity contribution < 1.29 is 12.8 Å². The Balaban J connectivity index is 2.40. The van der Waals surface area contributed by atoms with Crippen LogP contribution in [0.3, 0.4) is 0 Å². The summed E-state index contributed by atoms with van der Waals surface area (Å²) in [6.45, 7) is 0. The first-order chi connectivity index (χ1) is 9.29. The molecule has 0 aliphatic rings. The summed E-state index contributed by atoms with van der Waals surface area (Å²) in [5.41, 5.74) is 5.94. The molecule has 4 nitrogen and oxygen atoms in total. The van der Waals surface area contributed by atoms with E-state index < -0.39 is 15.8 Å². The van der Waals surface area contributed by atoms with Crippen LogP contribution in [-0.4, -0.2) is 8.42 Å². The maximum atomic E-state index is 13.3. The van der Waals surface area contributed by atoms with Gasteiger partial charge in [-0.15, -0.1) is 0 Å². The second kappa shape index (κ2) is 5.59. The van der Waals surface area contributed by atoms with E-state index in [9.17, 15) is 12.8 Å². The summed E-state index contributed by atoms with van der Waals surface area (Å²) in [6.07, 6.45) is 0. The minimum Gasteiger partial charge on any atom is -0.399 e. The standard InChI is InChI=1S/C12H9BrClFN2O2S/c13-9-3-1-7(16)5-12(9)20(18,19)17-8-2-4-10(14)11(15)6-8/h1-6,17H,16H2. The Morgan fingerprint density at radius 1 is 1.20 bits per heavy atom. The fraction of sp³-hybridized carbons (Fsp3) is 0. The van der Waals surface area contributed by atoms with Crippen molar-refractivity contribution in [2.75, 3.05) is 10.5 Å². The predicted molar refractivity (Wildman–Crippen MR) is 80.8 cm³/mol. The zero-order valence-electron chi connectivity index (χ0n) is 9.90. The molecule has 0 amide bonds. The van der Waals surface area contributed by atoms with Crippen LogP contribution in [-0.2, 0) is 10.0 Å². The van der Waals surface area contributed by atoms with Crippen molar-refractivity contribution in [3.8, 4) is 0 Å². The van der Waals surface area contributed by atoms with Gasteiger partial charge in [0, 0.05) is 10.2 Å². The Hall–Kier alpha value is -1.31. The van der Waals surface area contributed by atoms with E-state index in [1.807, 2.05) is 0 Å². The second-order valence-corrected chi connectivity index (χ2v) is 6.84. The topological polar surface area (TPSA) is 72.2 Å². The second-order valence-electron chi connectivity index (χ2n) is 3.92. The van der Waals surface area contributed by atoms with Gasteiger partial charge in [0.2, 0.25) is 0 Å². The maximum Gasteiger partial charge on any atom is 0.263 e. The fourth-order valence-corrected chi connectivity index (χ4v) is 3.66. The lowest BCUT2D eigenvalue weighted by molar-refractivity contribution is 0.600. The molecule has 0 aliphatic carbocycles. The van der Waals surface area contributed by atoms with Gasteiger partial charge in [0.15, 0.2) is 0 Å². The molecule has 0 atom stereocenters. The number of hydrogen-bond donors (Lipinski definition) is 2. The molecular weight excluding hydrogens is 371 g/mol. The summed E-state index contributed by atoms with van der Waals surface area (Å²) >= 11 is 8.67. The van der Waals surface area contributed by atoms with E-state index in [0.29, 0.717) is 10.2 Å². The van der Waals surface area contributed by atoms with Crippen LogP contribution in [0.15, 0.2) is 45.8 Å². The summed E-state index contributed by atoms with van der Waals surface area (Å²) in [6, 6.07) is 8.02. The Morgan fingerprint density at radius 3 is 2.55 bits per heavy atom. The quantitative estimate of drug-likeness (QED) is 0.800. The fourth-order valence-electron chi connectivity index (χ4n) is 1.50. The molecule has 0 fully saturated rings. The molecule has 0 aromatic heterocycles. The average Bonchev–Trinajstić information content (AvgIpc) is 2.36. The van der Waals surface area contributed by atoms with Crippen molar-refractivity contribution in [3.05, 3.63) is 51.7 Å². The third-order valence-corrected chi connectivity index (χ3v) is 5.10. The SMILES string of the molecule is Nc1ccc(Br)c(S(=O)(=O)Nc2ccc(Cl)c(F)c2)c1. The third-order valence-electron chi connectivity index (χ3n) is 2.42. The average molecular weight is 380 g/mol. The van der Waals surface area contributed by atoms with Gasteiger partial charge in [-0.05, 0) is 52.3 Å². The van der Waals surface area contributed by atoms with Gasteiger partial charge in [0.05, 0.1) is 10.7 Å². The van der Waals surface area contributed by atoms with Crippen molar-refractivity contribution in [3.63, 3.8) is 0 Å². The monoisotopic (exact) mass is 378 g/mol. The molecule has 3 N–H and O–H groups in total. The Kier molecular flexibility index (Phi) is 4.22. The highest BCUT2D eigenvalue weighted by atomic mass is 79.9. The largest absolute Gasteiger partial charge is 0.399 e. The number of halogens is 3. The Morgan fingerprint density at radius 2 is 1.90 bits per heavy atom. The Labute approximate surface area is 128 Å². The van der Waals surface area contributed by atoms with E-state index in [4.69, 9.17) is 17.3 Å². The molecular formula is C12H9BrClFN2O2S. The Bertz CT molecular complexity index is 768. The van der Waals surface area contributed by atoms with Crippen molar-refractivity contribution >= 4 is 48.9 Å². The lowest BCUT2D eigenvalue weighted by atomic mass is 10.3. The lowest BCUT2D eigenvalue weighted by Gasteiger charge is -2.10. The number of nitrogen functional groups attached to an aromatic ring is 1. The molecule has 0 heterocycles. The lowest BCUT2D eigenvalue weighted by Crippen LogP contribution is -2.14. The van der Waals surface area contributed by atoms with Crippen LogP contribution in [0.4, 0.5) is 15.8 Å². The zero-order chi connectivity index (χ0) is 14.9. The molecule has 8 heteroatoms. The predicted octanol–water partition coefficient (Wildman–Crippen LogP) is 3.62. The molecule has 2 aromatic rings. The molecule has 0 saturated carbocycles. The molecule has 0 radical (unpaired) electrons. The molecule has 0 unspecified atom stereocenters. The van der Waals surface area contributed by atoms with Crippen LogP contribution in [0.1, 0.15) is 0 Å². The van der Waals surface area contributed by atoms with Gasteiger partial charge in [-0.25, -0.2) is 12.8 Å². The maximum absolute atomic E-state index is 13.3. The van der Waals surface area contributed by atoms with Gasteiger partial charge in [-0.1, -0.05) is 11.6 Å². The van der Waals surface area contributed by atoms with E-state index in [-0.39, 0.29) is 15.6 Å². The van der Waals surface area contributed by atoms with Crippen molar-refractivity contribution in [2.45, 2.75) is 4.90 Å². The highest BCUT2D eigenvalue weighted by Gasteiger charge is 2.18. The van der Waals surface area contributed by atoms with E-state index in [0.717, 1.165) is 6.07 Å². The number of rotatable bonds is 3. The first kappa shape index (κ1) is 15.1. The first-order valence-electron chi connectivity index (χ1n) is 5.32. The number of anilines is 2. The van der Waals surface area contributed by atoms with Crippen LogP contribution in [0, 0.1) is 5.82 Å². The van der Waals surface area contributed by atoms with Crippen LogP contribution < -0.4 is 10.5 Å². The van der Waals surface area contributed by atoms with Crippen molar-refractivity contribution in [1.29, 1.82) is 0 Å². The highest BCUT2D eigenvalue weighted by molar-refractivity contribution is 9.10. The van der Waals surface area contributed by atoms with Crippen LogP contribution in [0.2, 0.25) is 5.02 Å². The molecule has 0 aliphatic heterocycles. The highest BCUT2D eigenvalue weighted by Crippen LogP contribution is 2.27. The smallest absolute Gasteiger partial charge is 0.263 e. The zero-order valence-corrected chi connectivity index (χ0v) is 13.1. The first-order valence-corrected chi connectivity index (χ1v) is 7.98. The van der Waals surface area contributed by atoms with Gasteiger partial charge in [0.1, 0.15) is 10.7 Å². The van der Waals surface area contributed by atoms with Crippen molar-refractivity contribution in [2.24, 2.45) is 0 Å². The molecule has 0 saturated heterocycles. The van der Waals surface area contributed by atoms with Gasteiger partial charge in [-0.3, -0.25) is 4.72 Å². The van der Waals surface area contributed by atoms with Gasteiger partial charge in [0.25, 0.3) is 10.0 Å². The summed E-state index contributed by atoms with van der Waals surface area (Å²) in [5, 5.41) is -0.0851.